The molecule has 0 bridgehead atoms. The van der Waals surface area contributed by atoms with Crippen LogP contribution in [-0.4, -0.2) is 40.7 Å². The summed E-state index contributed by atoms with van der Waals surface area (Å²) < 4.78 is 5.91. The Hall–Kier alpha value is -1.59. The molecule has 1 saturated heterocycles. The second-order valence-electron chi connectivity index (χ2n) is 8.06. The van der Waals surface area contributed by atoms with E-state index in [1.807, 2.05) is 11.0 Å². The first-order valence-corrected chi connectivity index (χ1v) is 8.86. The van der Waals surface area contributed by atoms with Gasteiger partial charge in [-0.3, -0.25) is 4.79 Å². The van der Waals surface area contributed by atoms with Gasteiger partial charge in [0, 0.05) is 31.0 Å². The molecule has 1 amide bonds. The van der Waals surface area contributed by atoms with Crippen molar-refractivity contribution in [3.05, 3.63) is 29.3 Å². The van der Waals surface area contributed by atoms with Gasteiger partial charge >= 0.3 is 0 Å². The summed E-state index contributed by atoms with van der Waals surface area (Å²) in [6.45, 7) is 6.09. The number of ether oxygens (including phenoxy) is 1. The topological polar surface area (TPSA) is 75.8 Å². The quantitative estimate of drug-likeness (QED) is 0.823. The third-order valence-corrected chi connectivity index (χ3v) is 6.53. The van der Waals surface area contributed by atoms with Crippen LogP contribution in [-0.2, 0) is 22.5 Å². The molecule has 0 aromatic heterocycles. The van der Waals surface area contributed by atoms with Crippen LogP contribution in [0, 0.1) is 11.3 Å². The lowest BCUT2D eigenvalue weighted by atomic mass is 9.46. The van der Waals surface area contributed by atoms with Gasteiger partial charge in [0.1, 0.15) is 11.3 Å². The Kier molecular flexibility index (Phi) is 3.45. The molecule has 2 aliphatic heterocycles. The van der Waals surface area contributed by atoms with E-state index in [0.717, 1.165) is 31.4 Å². The van der Waals surface area contributed by atoms with Crippen LogP contribution in [0.1, 0.15) is 37.8 Å². The second kappa shape index (κ2) is 5.20. The number of amides is 1. The van der Waals surface area contributed by atoms with Crippen molar-refractivity contribution in [1.82, 2.24) is 4.90 Å². The highest BCUT2D eigenvalue weighted by molar-refractivity contribution is 5.89. The zero-order valence-corrected chi connectivity index (χ0v) is 14.4. The lowest BCUT2D eigenvalue weighted by molar-refractivity contribution is -0.230. The first kappa shape index (κ1) is 15.9. The monoisotopic (exact) mass is 330 g/mol. The number of carbonyl (C=O) groups excluding carboxylic acids is 1. The molecule has 3 unspecified atom stereocenters. The first-order valence-electron chi connectivity index (χ1n) is 8.86. The largest absolute Gasteiger partial charge is 0.508 e. The van der Waals surface area contributed by atoms with Crippen LogP contribution < -0.4 is 5.73 Å². The van der Waals surface area contributed by atoms with Crippen LogP contribution in [0.3, 0.4) is 0 Å². The van der Waals surface area contributed by atoms with E-state index in [0.29, 0.717) is 13.1 Å². The van der Waals surface area contributed by atoms with E-state index in [9.17, 15) is 9.90 Å². The number of aromatic hydroxyl groups is 1. The van der Waals surface area contributed by atoms with E-state index >= 15 is 0 Å². The van der Waals surface area contributed by atoms with Gasteiger partial charge in [-0.25, -0.2) is 0 Å². The van der Waals surface area contributed by atoms with E-state index in [1.54, 1.807) is 12.1 Å². The Morgan fingerprint density at radius 1 is 1.38 bits per heavy atom. The summed E-state index contributed by atoms with van der Waals surface area (Å²) in [6.07, 6.45) is 2.82. The molecule has 5 nitrogen and oxygen atoms in total. The molecule has 3 N–H and O–H groups in total. The highest BCUT2D eigenvalue weighted by Gasteiger charge is 2.70. The molecule has 5 heteroatoms. The summed E-state index contributed by atoms with van der Waals surface area (Å²) in [7, 11) is 0. The fraction of sp³-hybridized carbons (Fsp3) is 0.632. The van der Waals surface area contributed by atoms with Crippen LogP contribution in [0.25, 0.3) is 0 Å². The van der Waals surface area contributed by atoms with Crippen molar-refractivity contribution < 1.29 is 14.6 Å². The van der Waals surface area contributed by atoms with Crippen molar-refractivity contribution in [3.63, 3.8) is 0 Å². The van der Waals surface area contributed by atoms with Crippen LogP contribution in [0.2, 0.25) is 0 Å². The van der Waals surface area contributed by atoms with Crippen molar-refractivity contribution in [2.45, 2.75) is 51.3 Å². The minimum atomic E-state index is -0.855. The van der Waals surface area contributed by atoms with E-state index in [4.69, 9.17) is 10.5 Å². The number of phenols is 1. The smallest absolute Gasteiger partial charge is 0.244 e. The Morgan fingerprint density at radius 3 is 2.96 bits per heavy atom. The molecule has 1 aliphatic carbocycles. The van der Waals surface area contributed by atoms with Gasteiger partial charge in [-0.1, -0.05) is 19.9 Å². The SMILES string of the molecule is CC1(C)C2OCCCC2C1(N)C(=O)N1CCc2ccc(O)cc2C1. The molecular formula is C19H26N2O3. The number of hydrogen-bond acceptors (Lipinski definition) is 4. The Labute approximate surface area is 142 Å². The normalized spacial score (nSPS) is 34.0. The zero-order chi connectivity index (χ0) is 17.1. The average molecular weight is 330 g/mol. The molecule has 3 aliphatic rings. The predicted molar refractivity (Wildman–Crippen MR) is 90.4 cm³/mol. The molecule has 1 aromatic rings. The molecule has 2 fully saturated rings. The fourth-order valence-corrected chi connectivity index (χ4v) is 4.99. The Bertz CT molecular complexity index is 687. The predicted octanol–water partition coefficient (Wildman–Crippen LogP) is 1.81. The number of phenolic OH excluding ortho intramolecular Hbond substituents is 1. The molecule has 24 heavy (non-hydrogen) atoms. The van der Waals surface area contributed by atoms with Crippen LogP contribution in [0.5, 0.6) is 5.75 Å². The van der Waals surface area contributed by atoms with Crippen molar-refractivity contribution in [2.75, 3.05) is 13.2 Å². The molecule has 2 heterocycles. The van der Waals surface area contributed by atoms with Crippen LogP contribution in [0.4, 0.5) is 0 Å². The van der Waals surface area contributed by atoms with Crippen molar-refractivity contribution in [1.29, 1.82) is 0 Å². The lowest BCUT2D eigenvalue weighted by Crippen LogP contribution is -2.82. The number of rotatable bonds is 1. The summed E-state index contributed by atoms with van der Waals surface area (Å²) in [6, 6.07) is 5.42. The molecule has 130 valence electrons. The van der Waals surface area contributed by atoms with Crippen LogP contribution in [0.15, 0.2) is 18.2 Å². The zero-order valence-electron chi connectivity index (χ0n) is 14.4. The van der Waals surface area contributed by atoms with Gasteiger partial charge in [0.25, 0.3) is 0 Å². The van der Waals surface area contributed by atoms with E-state index in [1.165, 1.54) is 5.56 Å². The summed E-state index contributed by atoms with van der Waals surface area (Å²) in [5, 5.41) is 9.72. The van der Waals surface area contributed by atoms with Crippen molar-refractivity contribution in [3.8, 4) is 5.75 Å². The highest BCUT2D eigenvalue weighted by atomic mass is 16.5. The molecule has 0 spiro atoms. The maximum Gasteiger partial charge on any atom is 0.244 e. The molecular weight excluding hydrogens is 304 g/mol. The molecule has 1 saturated carbocycles. The van der Waals surface area contributed by atoms with E-state index in [2.05, 4.69) is 13.8 Å². The average Bonchev–Trinajstić information content (AvgIpc) is 2.59. The molecule has 3 atom stereocenters. The van der Waals surface area contributed by atoms with Gasteiger partial charge < -0.3 is 20.5 Å². The summed E-state index contributed by atoms with van der Waals surface area (Å²) in [5.41, 5.74) is 7.75. The number of benzene rings is 1. The summed E-state index contributed by atoms with van der Waals surface area (Å²) >= 11 is 0. The van der Waals surface area contributed by atoms with Gasteiger partial charge in [-0.05, 0) is 42.5 Å². The Balaban J connectivity index is 1.60. The number of nitrogens with zero attached hydrogens (tertiary/aromatic N) is 1. The number of hydrogen-bond donors (Lipinski definition) is 2. The standard InChI is InChI=1S/C19H26N2O3/c1-18(2)16-15(4-3-9-24-16)19(18,20)17(23)21-8-7-12-5-6-14(22)10-13(12)11-21/h5-6,10,15-16,22H,3-4,7-9,11,20H2,1-2H3. The van der Waals surface area contributed by atoms with Gasteiger partial charge in [0.15, 0.2) is 0 Å². The number of fused-ring (bicyclic) bond motifs is 2. The third kappa shape index (κ3) is 1.97. The second-order valence-corrected chi connectivity index (χ2v) is 8.06. The minimum absolute atomic E-state index is 0.0354. The molecule has 0 radical (unpaired) electrons. The van der Waals surface area contributed by atoms with Gasteiger partial charge in [-0.15, -0.1) is 0 Å². The number of nitrogens with two attached hydrogens (primary N) is 1. The Morgan fingerprint density at radius 2 is 2.17 bits per heavy atom. The highest BCUT2D eigenvalue weighted by Crippen LogP contribution is 2.58. The van der Waals surface area contributed by atoms with Crippen LogP contribution >= 0.6 is 0 Å². The summed E-state index contributed by atoms with van der Waals surface area (Å²) in [4.78, 5) is 15.2. The maximum atomic E-state index is 13.4. The third-order valence-electron chi connectivity index (χ3n) is 6.53. The van der Waals surface area contributed by atoms with E-state index in [-0.39, 0.29) is 29.1 Å². The number of carbonyl (C=O) groups is 1. The van der Waals surface area contributed by atoms with Gasteiger partial charge in [-0.2, -0.15) is 0 Å². The van der Waals surface area contributed by atoms with Crippen molar-refractivity contribution >= 4 is 5.91 Å². The van der Waals surface area contributed by atoms with Crippen molar-refractivity contribution in [2.24, 2.45) is 17.1 Å². The summed E-state index contributed by atoms with van der Waals surface area (Å²) in [5.74, 6) is 0.391. The maximum absolute atomic E-state index is 13.4. The van der Waals surface area contributed by atoms with Gasteiger partial charge in [0.2, 0.25) is 5.91 Å². The van der Waals surface area contributed by atoms with E-state index < -0.39 is 5.54 Å². The molecule has 1 aromatic carbocycles. The molecule has 4 rings (SSSR count). The van der Waals surface area contributed by atoms with Gasteiger partial charge in [0.05, 0.1) is 6.10 Å². The minimum Gasteiger partial charge on any atom is -0.508 e. The fourth-order valence-electron chi connectivity index (χ4n) is 4.99. The first-order chi connectivity index (χ1) is 11.4. The lowest BCUT2D eigenvalue weighted by Gasteiger charge is -2.65.